The van der Waals surface area contributed by atoms with Crippen molar-refractivity contribution in [3.05, 3.63) is 60.2 Å². The number of anilines is 1. The fourth-order valence-electron chi connectivity index (χ4n) is 5.17. The fourth-order valence-corrected chi connectivity index (χ4v) is 6.12. The van der Waals surface area contributed by atoms with Gasteiger partial charge in [-0.2, -0.15) is 0 Å². The number of allylic oxidation sites excluding steroid dienone is 1. The number of piperidine rings is 1. The minimum atomic E-state index is -0.361. The highest BCUT2D eigenvalue weighted by Crippen LogP contribution is 2.33. The molecule has 3 heterocycles. The van der Waals surface area contributed by atoms with Gasteiger partial charge in [0.25, 0.3) is 5.91 Å². The molecule has 2 aliphatic rings. The Morgan fingerprint density at radius 1 is 0.976 bits per heavy atom. The predicted octanol–water partition coefficient (Wildman–Crippen LogP) is 3.63. The second-order valence-electron chi connectivity index (χ2n) is 10.3. The molecule has 2 amide bonds. The first-order chi connectivity index (χ1) is 19.8. The van der Waals surface area contributed by atoms with E-state index in [0.717, 1.165) is 54.3 Å². The third-order valence-electron chi connectivity index (χ3n) is 7.59. The van der Waals surface area contributed by atoms with Crippen molar-refractivity contribution in [2.45, 2.75) is 25.8 Å². The quantitative estimate of drug-likeness (QED) is 0.228. The van der Waals surface area contributed by atoms with E-state index in [-0.39, 0.29) is 29.1 Å². The van der Waals surface area contributed by atoms with E-state index in [1.54, 1.807) is 12.1 Å². The normalized spacial score (nSPS) is 17.2. The van der Waals surface area contributed by atoms with Crippen LogP contribution in [0.3, 0.4) is 0 Å². The third kappa shape index (κ3) is 6.75. The van der Waals surface area contributed by atoms with Crippen LogP contribution >= 0.6 is 11.3 Å². The molecule has 2 fully saturated rings. The van der Waals surface area contributed by atoms with Crippen LogP contribution in [0.4, 0.5) is 5.13 Å². The maximum absolute atomic E-state index is 12.9. The highest BCUT2D eigenvalue weighted by Gasteiger charge is 2.28. The maximum atomic E-state index is 12.9. The molecule has 0 N–H and O–H groups in total. The average molecular weight is 578 g/mol. The summed E-state index contributed by atoms with van der Waals surface area (Å²) in [7, 11) is 3.61. The van der Waals surface area contributed by atoms with Crippen LogP contribution in [0.1, 0.15) is 30.1 Å². The standard InChI is InChI=1S/C30H35N5O5S/c1-21(36)35(30-31-24-6-4-5-7-28(24)41-30)40-26-10-8-22(20-27(26)39-3)25(37)9-11-29(38)34-14-12-23(13-15-34)33-18-16-32(2)17-19-33/h4-11,20,23H,12-19H2,1-3H3/b11-9+. The Hall–Kier alpha value is -3.80. The summed E-state index contributed by atoms with van der Waals surface area (Å²) in [6.07, 6.45) is 4.54. The topological polar surface area (TPSA) is 95.5 Å². The van der Waals surface area contributed by atoms with Crippen LogP contribution in [0.15, 0.2) is 54.6 Å². The molecule has 1 aromatic heterocycles. The van der Waals surface area contributed by atoms with Gasteiger partial charge in [0.15, 0.2) is 17.3 Å². The number of ketones is 1. The number of para-hydroxylation sites is 1. The Bertz CT molecular complexity index is 1410. The van der Waals surface area contributed by atoms with Crippen molar-refractivity contribution >= 4 is 44.3 Å². The number of fused-ring (bicyclic) bond motifs is 1. The van der Waals surface area contributed by atoms with E-state index in [9.17, 15) is 14.4 Å². The van der Waals surface area contributed by atoms with E-state index in [1.807, 2.05) is 29.2 Å². The first-order valence-corrected chi connectivity index (χ1v) is 14.6. The molecule has 5 rings (SSSR count). The van der Waals surface area contributed by atoms with Crippen LogP contribution < -0.4 is 14.6 Å². The number of carbonyl (C=O) groups is 3. The van der Waals surface area contributed by atoms with Crippen LogP contribution in [0.25, 0.3) is 10.2 Å². The molecule has 0 unspecified atom stereocenters. The first kappa shape index (κ1) is 28.7. The number of aromatic nitrogens is 1. The van der Waals surface area contributed by atoms with E-state index in [4.69, 9.17) is 9.57 Å². The first-order valence-electron chi connectivity index (χ1n) is 13.8. The number of hydrogen-bond donors (Lipinski definition) is 0. The van der Waals surface area contributed by atoms with Crippen LogP contribution in [0.5, 0.6) is 11.5 Å². The van der Waals surface area contributed by atoms with Crippen LogP contribution in [-0.4, -0.2) is 96.7 Å². The Labute approximate surface area is 243 Å². The number of hydroxylamine groups is 1. The summed E-state index contributed by atoms with van der Waals surface area (Å²) in [4.78, 5) is 55.2. The lowest BCUT2D eigenvalue weighted by molar-refractivity contribution is -0.127. The molecule has 2 saturated heterocycles. The van der Waals surface area contributed by atoms with Crippen molar-refractivity contribution in [1.29, 1.82) is 0 Å². The Morgan fingerprint density at radius 2 is 1.71 bits per heavy atom. The molecule has 41 heavy (non-hydrogen) atoms. The summed E-state index contributed by atoms with van der Waals surface area (Å²) in [5.74, 6) is -0.323. The van der Waals surface area contributed by atoms with E-state index in [2.05, 4.69) is 21.8 Å². The van der Waals surface area contributed by atoms with Crippen molar-refractivity contribution < 1.29 is 24.0 Å². The maximum Gasteiger partial charge on any atom is 0.259 e. The summed E-state index contributed by atoms with van der Waals surface area (Å²) in [5, 5.41) is 1.49. The summed E-state index contributed by atoms with van der Waals surface area (Å²) in [5.41, 5.74) is 1.09. The molecule has 0 atom stereocenters. The van der Waals surface area contributed by atoms with Gasteiger partial charge >= 0.3 is 0 Å². The number of nitrogens with zero attached hydrogens (tertiary/aromatic N) is 5. The Morgan fingerprint density at radius 3 is 2.39 bits per heavy atom. The van der Waals surface area contributed by atoms with Gasteiger partial charge in [-0.25, -0.2) is 4.98 Å². The molecule has 2 aliphatic heterocycles. The second kappa shape index (κ2) is 12.8. The number of methoxy groups -OCH3 is 1. The zero-order valence-electron chi connectivity index (χ0n) is 23.6. The molecular formula is C30H35N5O5S. The third-order valence-corrected chi connectivity index (χ3v) is 8.59. The van der Waals surface area contributed by atoms with Crippen LogP contribution in [0.2, 0.25) is 0 Å². The molecule has 0 radical (unpaired) electrons. The van der Waals surface area contributed by atoms with Crippen molar-refractivity contribution in [1.82, 2.24) is 19.7 Å². The van der Waals surface area contributed by atoms with Gasteiger partial charge in [-0.15, -0.1) is 5.06 Å². The van der Waals surface area contributed by atoms with Gasteiger partial charge in [0, 0.05) is 63.9 Å². The number of carbonyl (C=O) groups excluding carboxylic acids is 3. The second-order valence-corrected chi connectivity index (χ2v) is 11.3. The number of thiazole rings is 1. The molecule has 11 heteroatoms. The smallest absolute Gasteiger partial charge is 0.259 e. The van der Waals surface area contributed by atoms with Crippen LogP contribution in [0, 0.1) is 0 Å². The molecule has 0 aliphatic carbocycles. The van der Waals surface area contributed by atoms with Crippen molar-refractivity contribution in [3.63, 3.8) is 0 Å². The molecular weight excluding hydrogens is 542 g/mol. The number of amides is 2. The molecule has 0 bridgehead atoms. The monoisotopic (exact) mass is 577 g/mol. The number of ether oxygens (including phenoxy) is 1. The highest BCUT2D eigenvalue weighted by molar-refractivity contribution is 7.22. The molecule has 2 aromatic carbocycles. The zero-order chi connectivity index (χ0) is 28.9. The zero-order valence-corrected chi connectivity index (χ0v) is 24.4. The number of rotatable bonds is 8. The molecule has 10 nitrogen and oxygen atoms in total. The summed E-state index contributed by atoms with van der Waals surface area (Å²) >= 11 is 1.33. The van der Waals surface area contributed by atoms with Gasteiger partial charge in [0.2, 0.25) is 11.0 Å². The molecule has 3 aromatic rings. The largest absolute Gasteiger partial charge is 0.493 e. The van der Waals surface area contributed by atoms with E-state index in [1.165, 1.54) is 43.6 Å². The van der Waals surface area contributed by atoms with Gasteiger partial charge in [-0.1, -0.05) is 23.5 Å². The minimum Gasteiger partial charge on any atom is -0.493 e. The van der Waals surface area contributed by atoms with Crippen molar-refractivity contribution in [3.8, 4) is 11.5 Å². The Balaban J connectivity index is 1.20. The summed E-state index contributed by atoms with van der Waals surface area (Å²) in [6.45, 7) is 7.08. The number of piperazine rings is 1. The van der Waals surface area contributed by atoms with Crippen LogP contribution in [-0.2, 0) is 9.59 Å². The highest BCUT2D eigenvalue weighted by atomic mass is 32.1. The Kier molecular flexibility index (Phi) is 8.96. The average Bonchev–Trinajstić information content (AvgIpc) is 3.42. The van der Waals surface area contributed by atoms with Gasteiger partial charge < -0.3 is 19.4 Å². The predicted molar refractivity (Wildman–Crippen MR) is 159 cm³/mol. The SMILES string of the molecule is COc1cc(C(=O)/C=C/C(=O)N2CCC(N3CCN(C)CC3)CC2)ccc1ON(C(C)=O)c1nc2ccccc2s1. The molecule has 0 saturated carbocycles. The summed E-state index contributed by atoms with van der Waals surface area (Å²) in [6, 6.07) is 12.8. The van der Waals surface area contributed by atoms with Crippen molar-refractivity contribution in [2.75, 3.05) is 58.5 Å². The number of benzene rings is 2. The van der Waals surface area contributed by atoms with E-state index in [0.29, 0.717) is 29.8 Å². The lowest BCUT2D eigenvalue weighted by Crippen LogP contribution is -2.52. The van der Waals surface area contributed by atoms with Gasteiger partial charge in [0.05, 0.1) is 17.3 Å². The van der Waals surface area contributed by atoms with Gasteiger partial charge in [-0.05, 0) is 56.3 Å². The van der Waals surface area contributed by atoms with Gasteiger partial charge in [0.1, 0.15) is 0 Å². The number of likely N-dealkylation sites (tertiary alicyclic amines) is 1. The summed E-state index contributed by atoms with van der Waals surface area (Å²) < 4.78 is 6.38. The minimum absolute atomic E-state index is 0.157. The lowest BCUT2D eigenvalue weighted by Gasteiger charge is -2.41. The van der Waals surface area contributed by atoms with Crippen molar-refractivity contribution in [2.24, 2.45) is 0 Å². The van der Waals surface area contributed by atoms with E-state index >= 15 is 0 Å². The fraction of sp³-hybridized carbons (Fsp3) is 0.400. The number of likely N-dealkylation sites (N-methyl/N-ethyl adjacent to an activating group) is 1. The number of hydrogen-bond acceptors (Lipinski definition) is 9. The van der Waals surface area contributed by atoms with Gasteiger partial charge in [-0.3, -0.25) is 19.3 Å². The lowest BCUT2D eigenvalue weighted by atomic mass is 10.0. The van der Waals surface area contributed by atoms with E-state index < -0.39 is 0 Å². The molecule has 216 valence electrons. The molecule has 0 spiro atoms.